The molecule has 0 saturated carbocycles. The van der Waals surface area contributed by atoms with Crippen LogP contribution in [0.3, 0.4) is 0 Å². The van der Waals surface area contributed by atoms with E-state index in [2.05, 4.69) is 46.1 Å². The number of benzene rings is 3. The van der Waals surface area contributed by atoms with Gasteiger partial charge in [0.25, 0.3) is 0 Å². The van der Waals surface area contributed by atoms with Gasteiger partial charge in [-0.15, -0.1) is 0 Å². The summed E-state index contributed by atoms with van der Waals surface area (Å²) in [7, 11) is 0. The molecule has 2 heterocycles. The highest BCUT2D eigenvalue weighted by Gasteiger charge is 2.20. The van der Waals surface area contributed by atoms with Gasteiger partial charge in [-0.1, -0.05) is 29.8 Å². The Bertz CT molecular complexity index is 1270. The quantitative estimate of drug-likeness (QED) is 0.383. The van der Waals surface area contributed by atoms with E-state index in [-0.39, 0.29) is 5.56 Å². The van der Waals surface area contributed by atoms with Gasteiger partial charge in [0.05, 0.1) is 23.2 Å². The predicted octanol–water partition coefficient (Wildman–Crippen LogP) is 5.53. The van der Waals surface area contributed by atoms with E-state index in [4.69, 9.17) is 4.74 Å². The van der Waals surface area contributed by atoms with Crippen molar-refractivity contribution in [1.29, 1.82) is 0 Å². The van der Waals surface area contributed by atoms with Crippen molar-refractivity contribution in [2.75, 3.05) is 19.7 Å². The van der Waals surface area contributed by atoms with Gasteiger partial charge >= 0.3 is 5.97 Å². The number of rotatable bonds is 7. The van der Waals surface area contributed by atoms with Crippen LogP contribution >= 0.6 is 0 Å². The summed E-state index contributed by atoms with van der Waals surface area (Å²) in [6.45, 7) is 6.10. The fourth-order valence-corrected chi connectivity index (χ4v) is 4.46. The van der Waals surface area contributed by atoms with Gasteiger partial charge in [-0.2, -0.15) is 0 Å². The minimum absolute atomic E-state index is 0.232. The van der Waals surface area contributed by atoms with Crippen molar-refractivity contribution in [1.82, 2.24) is 14.9 Å². The first-order valence-corrected chi connectivity index (χ1v) is 11.8. The molecule has 6 heteroatoms. The average Bonchev–Trinajstić information content (AvgIpc) is 3.29. The molecule has 1 aromatic heterocycles. The molecule has 0 amide bonds. The third-order valence-corrected chi connectivity index (χ3v) is 6.58. The molecule has 1 aliphatic heterocycles. The number of carbonyl (C=O) groups is 1. The summed E-state index contributed by atoms with van der Waals surface area (Å²) in [5, 5.41) is 9.17. The van der Waals surface area contributed by atoms with E-state index in [0.29, 0.717) is 17.3 Å². The first-order valence-electron chi connectivity index (χ1n) is 11.8. The second-order valence-electron chi connectivity index (χ2n) is 9.16. The number of aryl methyl sites for hydroxylation is 1. The lowest BCUT2D eigenvalue weighted by atomic mass is 9.97. The molecule has 5 rings (SSSR count). The summed E-state index contributed by atoms with van der Waals surface area (Å²) in [6, 6.07) is 21.6. The third-order valence-electron chi connectivity index (χ3n) is 6.58. The molecule has 1 aliphatic rings. The number of carboxylic acids is 1. The lowest BCUT2D eigenvalue weighted by Crippen LogP contribution is -2.35. The maximum atomic E-state index is 11.2. The Labute approximate surface area is 199 Å². The molecular formula is C28H29N3O3. The van der Waals surface area contributed by atoms with Crippen LogP contribution in [0.1, 0.15) is 34.3 Å². The molecule has 0 bridgehead atoms. The van der Waals surface area contributed by atoms with Gasteiger partial charge in [-0.25, -0.2) is 9.78 Å². The number of aromatic nitrogens is 2. The Morgan fingerprint density at radius 3 is 2.50 bits per heavy atom. The topological polar surface area (TPSA) is 78.4 Å². The van der Waals surface area contributed by atoms with Gasteiger partial charge in [0.15, 0.2) is 0 Å². The first kappa shape index (κ1) is 22.2. The number of H-pyrrole nitrogens is 1. The maximum Gasteiger partial charge on any atom is 0.335 e. The number of aromatic amines is 1. The fourth-order valence-electron chi connectivity index (χ4n) is 4.46. The Morgan fingerprint density at radius 2 is 1.79 bits per heavy atom. The molecule has 3 aromatic carbocycles. The Morgan fingerprint density at radius 1 is 1.06 bits per heavy atom. The molecule has 34 heavy (non-hydrogen) atoms. The molecule has 4 aromatic rings. The standard InChI is InChI=1S/C28H29N3O3/c1-19-2-4-20(5-3-19)17-31-14-12-21(13-15-31)18-34-24-9-6-22(7-10-24)27-29-25-11-8-23(28(32)33)16-26(25)30-27/h2-11,16,21H,12-15,17-18H2,1H3,(H,29,30)(H,32,33). The van der Waals surface area contributed by atoms with Gasteiger partial charge in [0, 0.05) is 12.1 Å². The first-order chi connectivity index (χ1) is 16.5. The van der Waals surface area contributed by atoms with Crippen LogP contribution in [0, 0.1) is 12.8 Å². The summed E-state index contributed by atoms with van der Waals surface area (Å²) < 4.78 is 6.09. The second kappa shape index (κ2) is 9.69. The number of fused-ring (bicyclic) bond motifs is 1. The van der Waals surface area contributed by atoms with Crippen LogP contribution in [0.5, 0.6) is 5.75 Å². The lowest BCUT2D eigenvalue weighted by Gasteiger charge is -2.31. The van der Waals surface area contributed by atoms with Crippen LogP contribution in [-0.2, 0) is 6.54 Å². The van der Waals surface area contributed by atoms with Crippen molar-refractivity contribution in [2.45, 2.75) is 26.3 Å². The number of imidazole rings is 1. The Balaban J connectivity index is 1.13. The molecule has 6 nitrogen and oxygen atoms in total. The van der Waals surface area contributed by atoms with Crippen molar-refractivity contribution in [2.24, 2.45) is 5.92 Å². The van der Waals surface area contributed by atoms with E-state index < -0.39 is 5.97 Å². The smallest absolute Gasteiger partial charge is 0.335 e. The van der Waals surface area contributed by atoms with Crippen LogP contribution in [0.15, 0.2) is 66.7 Å². The van der Waals surface area contributed by atoms with Crippen molar-refractivity contribution >= 4 is 17.0 Å². The van der Waals surface area contributed by atoms with Crippen molar-refractivity contribution in [3.8, 4) is 17.1 Å². The summed E-state index contributed by atoms with van der Waals surface area (Å²) in [5.41, 5.74) is 5.31. The SMILES string of the molecule is Cc1ccc(CN2CCC(COc3ccc(-c4nc5cc(C(=O)O)ccc5[nH]4)cc3)CC2)cc1. The number of nitrogens with zero attached hydrogens (tertiary/aromatic N) is 2. The van der Waals surface area contributed by atoms with Gasteiger partial charge in [-0.3, -0.25) is 4.90 Å². The average molecular weight is 456 g/mol. The maximum absolute atomic E-state index is 11.2. The summed E-state index contributed by atoms with van der Waals surface area (Å²) in [5.74, 6) is 1.19. The number of nitrogens with one attached hydrogen (secondary N) is 1. The largest absolute Gasteiger partial charge is 0.493 e. The number of aromatic carboxylic acids is 1. The number of piperidine rings is 1. The Hall–Kier alpha value is -3.64. The van der Waals surface area contributed by atoms with E-state index in [1.165, 1.54) is 11.1 Å². The van der Waals surface area contributed by atoms with Crippen molar-refractivity contribution in [3.63, 3.8) is 0 Å². The zero-order valence-corrected chi connectivity index (χ0v) is 19.3. The van der Waals surface area contributed by atoms with Crippen LogP contribution in [0.25, 0.3) is 22.4 Å². The van der Waals surface area contributed by atoms with Crippen LogP contribution in [0.4, 0.5) is 0 Å². The third kappa shape index (κ3) is 5.13. The summed E-state index contributed by atoms with van der Waals surface area (Å²) >= 11 is 0. The van der Waals surface area contributed by atoms with Gasteiger partial charge in [0.1, 0.15) is 11.6 Å². The molecule has 0 radical (unpaired) electrons. The molecule has 1 saturated heterocycles. The van der Waals surface area contributed by atoms with E-state index in [1.54, 1.807) is 18.2 Å². The van der Waals surface area contributed by atoms with Crippen molar-refractivity contribution in [3.05, 3.63) is 83.4 Å². The van der Waals surface area contributed by atoms with E-state index >= 15 is 0 Å². The molecule has 0 aliphatic carbocycles. The van der Waals surface area contributed by atoms with Crippen LogP contribution in [-0.4, -0.2) is 45.6 Å². The van der Waals surface area contributed by atoms with Crippen LogP contribution < -0.4 is 4.74 Å². The highest BCUT2D eigenvalue weighted by atomic mass is 16.5. The van der Waals surface area contributed by atoms with E-state index in [9.17, 15) is 9.90 Å². The van der Waals surface area contributed by atoms with E-state index in [1.807, 2.05) is 24.3 Å². The monoisotopic (exact) mass is 455 g/mol. The number of ether oxygens (including phenoxy) is 1. The van der Waals surface area contributed by atoms with E-state index in [0.717, 1.165) is 55.9 Å². The normalized spacial score (nSPS) is 15.0. The highest BCUT2D eigenvalue weighted by Crippen LogP contribution is 2.25. The predicted molar refractivity (Wildman–Crippen MR) is 133 cm³/mol. The summed E-state index contributed by atoms with van der Waals surface area (Å²) in [6.07, 6.45) is 2.31. The Kier molecular flexibility index (Phi) is 6.32. The minimum Gasteiger partial charge on any atom is -0.493 e. The lowest BCUT2D eigenvalue weighted by molar-refractivity contribution is 0.0697. The minimum atomic E-state index is -0.954. The molecule has 174 valence electrons. The molecule has 0 atom stereocenters. The number of likely N-dealkylation sites (tertiary alicyclic amines) is 1. The molecular weight excluding hydrogens is 426 g/mol. The van der Waals surface area contributed by atoms with Gasteiger partial charge in [-0.05, 0) is 86.8 Å². The van der Waals surface area contributed by atoms with Gasteiger partial charge in [0.2, 0.25) is 0 Å². The van der Waals surface area contributed by atoms with Crippen LogP contribution in [0.2, 0.25) is 0 Å². The zero-order chi connectivity index (χ0) is 23.5. The number of hydrogen-bond donors (Lipinski definition) is 2. The highest BCUT2D eigenvalue weighted by molar-refractivity contribution is 5.93. The number of hydrogen-bond acceptors (Lipinski definition) is 4. The summed E-state index contributed by atoms with van der Waals surface area (Å²) in [4.78, 5) is 21.5. The molecule has 0 spiro atoms. The van der Waals surface area contributed by atoms with Crippen molar-refractivity contribution < 1.29 is 14.6 Å². The molecule has 2 N–H and O–H groups in total. The van der Waals surface area contributed by atoms with Gasteiger partial charge < -0.3 is 14.8 Å². The zero-order valence-electron chi connectivity index (χ0n) is 19.3. The molecule has 1 fully saturated rings. The number of carboxylic acid groups (broad SMARTS) is 1. The second-order valence-corrected chi connectivity index (χ2v) is 9.16. The fraction of sp³-hybridized carbons (Fsp3) is 0.286. The molecule has 0 unspecified atom stereocenters.